The van der Waals surface area contributed by atoms with Crippen molar-refractivity contribution in [1.82, 2.24) is 0 Å². The molecule has 17 heavy (non-hydrogen) atoms. The van der Waals surface area contributed by atoms with Crippen LogP contribution < -0.4 is 5.32 Å². The van der Waals surface area contributed by atoms with Crippen molar-refractivity contribution < 1.29 is 14.3 Å². The van der Waals surface area contributed by atoms with Crippen molar-refractivity contribution in [3.63, 3.8) is 0 Å². The maximum absolute atomic E-state index is 13.2. The minimum absolute atomic E-state index is 0.0384. The topological polar surface area (TPSA) is 73.1 Å². The molecule has 1 rings (SSSR count). The molecule has 0 bridgehead atoms. The van der Waals surface area contributed by atoms with Crippen LogP contribution in [-0.4, -0.2) is 17.6 Å². The second-order valence-electron chi connectivity index (χ2n) is 3.50. The van der Waals surface area contributed by atoms with E-state index in [4.69, 9.17) is 10.4 Å². The Kier molecular flexibility index (Phi) is 5.11. The van der Waals surface area contributed by atoms with E-state index < -0.39 is 5.82 Å². The first-order valence-electron chi connectivity index (χ1n) is 5.28. The average molecular weight is 236 g/mol. The summed E-state index contributed by atoms with van der Waals surface area (Å²) in [6, 6.07) is 5.78. The molecule has 0 radical (unpaired) electrons. The number of amides is 1. The molecule has 0 aliphatic carbocycles. The van der Waals surface area contributed by atoms with Gasteiger partial charge in [0.25, 0.3) is 0 Å². The second-order valence-corrected chi connectivity index (χ2v) is 3.50. The van der Waals surface area contributed by atoms with Gasteiger partial charge in [-0.15, -0.1) is 0 Å². The van der Waals surface area contributed by atoms with Crippen LogP contribution in [0.1, 0.15) is 24.8 Å². The maximum Gasteiger partial charge on any atom is 0.224 e. The SMILES string of the molecule is N#Cc1c(F)cccc1NC(=O)CCCCO. The third kappa shape index (κ3) is 3.85. The van der Waals surface area contributed by atoms with Gasteiger partial charge < -0.3 is 10.4 Å². The Morgan fingerprint density at radius 3 is 2.88 bits per heavy atom. The lowest BCUT2D eigenvalue weighted by Crippen LogP contribution is -2.12. The largest absolute Gasteiger partial charge is 0.396 e. The van der Waals surface area contributed by atoms with Gasteiger partial charge in [0.2, 0.25) is 5.91 Å². The van der Waals surface area contributed by atoms with E-state index in [2.05, 4.69) is 5.32 Å². The first-order chi connectivity index (χ1) is 8.19. The Labute approximate surface area is 98.7 Å². The second kappa shape index (κ2) is 6.61. The van der Waals surface area contributed by atoms with E-state index in [9.17, 15) is 9.18 Å². The Morgan fingerprint density at radius 1 is 1.47 bits per heavy atom. The number of rotatable bonds is 5. The zero-order chi connectivity index (χ0) is 12.7. The predicted octanol–water partition coefficient (Wildman–Crippen LogP) is 1.80. The lowest BCUT2D eigenvalue weighted by Gasteiger charge is -2.06. The number of nitrogens with zero attached hydrogens (tertiary/aromatic N) is 1. The summed E-state index contributed by atoms with van der Waals surface area (Å²) in [6.45, 7) is 0.0384. The molecule has 0 spiro atoms. The number of carbonyl (C=O) groups is 1. The van der Waals surface area contributed by atoms with Gasteiger partial charge in [-0.1, -0.05) is 6.07 Å². The highest BCUT2D eigenvalue weighted by Crippen LogP contribution is 2.18. The van der Waals surface area contributed by atoms with Crippen LogP contribution in [0, 0.1) is 17.1 Å². The summed E-state index contributed by atoms with van der Waals surface area (Å²) in [7, 11) is 0. The first-order valence-corrected chi connectivity index (χ1v) is 5.28. The number of anilines is 1. The van der Waals surface area contributed by atoms with Crippen molar-refractivity contribution in [2.24, 2.45) is 0 Å². The van der Waals surface area contributed by atoms with Gasteiger partial charge in [0, 0.05) is 13.0 Å². The third-order valence-corrected chi connectivity index (χ3v) is 2.21. The van der Waals surface area contributed by atoms with Gasteiger partial charge in [-0.25, -0.2) is 4.39 Å². The maximum atomic E-state index is 13.2. The standard InChI is InChI=1S/C12H13FN2O2/c13-10-4-3-5-11(9(10)8-14)15-12(17)6-1-2-7-16/h3-5,16H,1-2,6-7H2,(H,15,17). The van der Waals surface area contributed by atoms with E-state index in [1.54, 1.807) is 6.07 Å². The number of nitriles is 1. The molecule has 0 atom stereocenters. The van der Waals surface area contributed by atoms with E-state index in [0.29, 0.717) is 12.8 Å². The molecular weight excluding hydrogens is 223 g/mol. The van der Waals surface area contributed by atoms with Gasteiger partial charge in [0.15, 0.2) is 0 Å². The Morgan fingerprint density at radius 2 is 2.24 bits per heavy atom. The van der Waals surface area contributed by atoms with Crippen LogP contribution in [0.2, 0.25) is 0 Å². The normalized spacial score (nSPS) is 9.71. The van der Waals surface area contributed by atoms with Crippen molar-refractivity contribution in [3.05, 3.63) is 29.6 Å². The summed E-state index contributed by atoms with van der Waals surface area (Å²) in [5.41, 5.74) is 0.0181. The number of unbranched alkanes of at least 4 members (excludes halogenated alkanes) is 1. The van der Waals surface area contributed by atoms with Gasteiger partial charge in [0.05, 0.1) is 5.69 Å². The molecule has 1 aromatic carbocycles. The van der Waals surface area contributed by atoms with Crippen LogP contribution >= 0.6 is 0 Å². The number of aliphatic hydroxyl groups excluding tert-OH is 1. The molecule has 0 aliphatic heterocycles. The molecule has 1 amide bonds. The first kappa shape index (κ1) is 13.1. The molecule has 2 N–H and O–H groups in total. The third-order valence-electron chi connectivity index (χ3n) is 2.21. The fourth-order valence-corrected chi connectivity index (χ4v) is 1.35. The predicted molar refractivity (Wildman–Crippen MR) is 60.7 cm³/mol. The Balaban J connectivity index is 2.66. The minimum Gasteiger partial charge on any atom is -0.396 e. The van der Waals surface area contributed by atoms with E-state index in [1.165, 1.54) is 18.2 Å². The van der Waals surface area contributed by atoms with E-state index >= 15 is 0 Å². The summed E-state index contributed by atoms with van der Waals surface area (Å²) < 4.78 is 13.2. The summed E-state index contributed by atoms with van der Waals surface area (Å²) in [5.74, 6) is -0.943. The molecule has 0 saturated heterocycles. The highest BCUT2D eigenvalue weighted by Gasteiger charge is 2.10. The molecular formula is C12H13FN2O2. The molecule has 0 fully saturated rings. The van der Waals surface area contributed by atoms with Crippen LogP contribution in [-0.2, 0) is 4.79 Å². The number of benzene rings is 1. The molecule has 0 unspecified atom stereocenters. The minimum atomic E-state index is -0.652. The van der Waals surface area contributed by atoms with Gasteiger partial charge >= 0.3 is 0 Å². The number of hydrogen-bond donors (Lipinski definition) is 2. The highest BCUT2D eigenvalue weighted by molar-refractivity contribution is 5.92. The smallest absolute Gasteiger partial charge is 0.224 e. The summed E-state index contributed by atoms with van der Waals surface area (Å²) in [5, 5.41) is 19.8. The fraction of sp³-hybridized carbons (Fsp3) is 0.333. The van der Waals surface area contributed by atoms with Crippen molar-refractivity contribution >= 4 is 11.6 Å². The van der Waals surface area contributed by atoms with E-state index in [0.717, 1.165) is 0 Å². The monoisotopic (exact) mass is 236 g/mol. The van der Waals surface area contributed by atoms with Crippen LogP contribution in [0.4, 0.5) is 10.1 Å². The van der Waals surface area contributed by atoms with Crippen LogP contribution in [0.5, 0.6) is 0 Å². The average Bonchev–Trinajstić information content (AvgIpc) is 2.29. The molecule has 0 heterocycles. The van der Waals surface area contributed by atoms with Crippen LogP contribution in [0.15, 0.2) is 18.2 Å². The number of halogens is 1. The van der Waals surface area contributed by atoms with E-state index in [-0.39, 0.29) is 30.2 Å². The van der Waals surface area contributed by atoms with Crippen molar-refractivity contribution in [2.45, 2.75) is 19.3 Å². The van der Waals surface area contributed by atoms with Crippen molar-refractivity contribution in [3.8, 4) is 6.07 Å². The number of aliphatic hydroxyl groups is 1. The molecule has 90 valence electrons. The highest BCUT2D eigenvalue weighted by atomic mass is 19.1. The summed E-state index contributed by atoms with van der Waals surface area (Å²) >= 11 is 0. The molecule has 1 aromatic rings. The quantitative estimate of drug-likeness (QED) is 0.765. The van der Waals surface area contributed by atoms with Gasteiger partial charge in [0.1, 0.15) is 17.4 Å². The van der Waals surface area contributed by atoms with Gasteiger partial charge in [-0.2, -0.15) is 5.26 Å². The number of carbonyl (C=O) groups excluding carboxylic acids is 1. The fourth-order valence-electron chi connectivity index (χ4n) is 1.35. The van der Waals surface area contributed by atoms with Crippen LogP contribution in [0.3, 0.4) is 0 Å². The van der Waals surface area contributed by atoms with E-state index in [1.807, 2.05) is 0 Å². The van der Waals surface area contributed by atoms with Crippen molar-refractivity contribution in [1.29, 1.82) is 5.26 Å². The Hall–Kier alpha value is -1.93. The van der Waals surface area contributed by atoms with Gasteiger partial charge in [-0.3, -0.25) is 4.79 Å². The zero-order valence-corrected chi connectivity index (χ0v) is 9.24. The molecule has 5 heteroatoms. The Bertz CT molecular complexity index is 441. The van der Waals surface area contributed by atoms with Crippen molar-refractivity contribution in [2.75, 3.05) is 11.9 Å². The molecule has 0 aliphatic rings. The molecule has 0 aromatic heterocycles. The van der Waals surface area contributed by atoms with Gasteiger partial charge in [-0.05, 0) is 25.0 Å². The number of hydrogen-bond acceptors (Lipinski definition) is 3. The lowest BCUT2D eigenvalue weighted by molar-refractivity contribution is -0.116. The lowest BCUT2D eigenvalue weighted by atomic mass is 10.1. The summed E-state index contributed by atoms with van der Waals surface area (Å²) in [6.07, 6.45) is 1.34. The summed E-state index contributed by atoms with van der Waals surface area (Å²) in [4.78, 5) is 11.4. The van der Waals surface area contributed by atoms with Crippen LogP contribution in [0.25, 0.3) is 0 Å². The number of nitrogens with one attached hydrogen (secondary N) is 1. The molecule has 4 nitrogen and oxygen atoms in total. The molecule has 0 saturated carbocycles. The zero-order valence-electron chi connectivity index (χ0n) is 9.24.